The first kappa shape index (κ1) is 11.6. The van der Waals surface area contributed by atoms with E-state index in [4.69, 9.17) is 17.3 Å². The fourth-order valence-electron chi connectivity index (χ4n) is 1.06. The SMILES string of the molecule is Nc1nc(C(F)F)cc(CCl)c1[N+](=O)[O-]. The zero-order chi connectivity index (χ0) is 11.6. The number of aromatic nitrogens is 1. The van der Waals surface area contributed by atoms with Crippen LogP contribution in [0.4, 0.5) is 20.3 Å². The molecule has 0 aliphatic rings. The van der Waals surface area contributed by atoms with Crippen LogP contribution in [0.25, 0.3) is 0 Å². The normalized spacial score (nSPS) is 10.7. The van der Waals surface area contributed by atoms with Crippen LogP contribution in [-0.4, -0.2) is 9.91 Å². The molecule has 0 amide bonds. The van der Waals surface area contributed by atoms with Crippen LogP contribution in [-0.2, 0) is 5.88 Å². The Bertz CT molecular complexity index is 400. The third kappa shape index (κ3) is 2.30. The van der Waals surface area contributed by atoms with Crippen molar-refractivity contribution in [3.8, 4) is 0 Å². The van der Waals surface area contributed by atoms with E-state index in [0.29, 0.717) is 0 Å². The third-order valence-electron chi connectivity index (χ3n) is 1.67. The topological polar surface area (TPSA) is 82.0 Å². The molecular weight excluding hydrogens is 232 g/mol. The van der Waals surface area contributed by atoms with Gasteiger partial charge in [0, 0.05) is 0 Å². The Kier molecular flexibility index (Phi) is 3.35. The maximum absolute atomic E-state index is 12.3. The number of nitrogens with zero attached hydrogens (tertiary/aromatic N) is 2. The standard InChI is InChI=1S/C7H6ClF2N3O2/c8-2-3-1-4(6(9)10)12-7(11)5(3)13(14)15/h1,6H,2H2,(H2,11,12). The van der Waals surface area contributed by atoms with Crippen LogP contribution in [0, 0.1) is 10.1 Å². The molecule has 0 aliphatic carbocycles. The summed E-state index contributed by atoms with van der Waals surface area (Å²) >= 11 is 5.39. The Morgan fingerprint density at radius 2 is 2.27 bits per heavy atom. The minimum atomic E-state index is -2.84. The minimum absolute atomic E-state index is 0.0653. The highest BCUT2D eigenvalue weighted by Crippen LogP contribution is 2.29. The molecule has 0 saturated carbocycles. The molecule has 1 aromatic heterocycles. The van der Waals surface area contributed by atoms with Gasteiger partial charge in [-0.05, 0) is 6.07 Å². The minimum Gasteiger partial charge on any atom is -0.378 e. The van der Waals surface area contributed by atoms with Crippen LogP contribution in [0.5, 0.6) is 0 Å². The molecule has 0 unspecified atom stereocenters. The second kappa shape index (κ2) is 4.35. The van der Waals surface area contributed by atoms with Gasteiger partial charge in [0.2, 0.25) is 5.82 Å². The van der Waals surface area contributed by atoms with Gasteiger partial charge in [0.1, 0.15) is 5.69 Å². The highest BCUT2D eigenvalue weighted by atomic mass is 35.5. The van der Waals surface area contributed by atoms with E-state index in [1.165, 1.54) is 0 Å². The molecule has 15 heavy (non-hydrogen) atoms. The molecular formula is C7H6ClF2N3O2. The van der Waals surface area contributed by atoms with Gasteiger partial charge in [-0.25, -0.2) is 13.8 Å². The Hall–Kier alpha value is -1.50. The van der Waals surface area contributed by atoms with Gasteiger partial charge in [-0.2, -0.15) is 0 Å². The first-order valence-electron chi connectivity index (χ1n) is 3.75. The van der Waals surface area contributed by atoms with E-state index in [2.05, 4.69) is 4.98 Å². The largest absolute Gasteiger partial charge is 0.378 e. The lowest BCUT2D eigenvalue weighted by atomic mass is 10.2. The number of hydrogen-bond acceptors (Lipinski definition) is 4. The molecule has 0 spiro atoms. The molecule has 0 bridgehead atoms. The quantitative estimate of drug-likeness (QED) is 0.497. The highest BCUT2D eigenvalue weighted by Gasteiger charge is 2.22. The van der Waals surface area contributed by atoms with Crippen LogP contribution in [0.1, 0.15) is 17.7 Å². The molecule has 2 N–H and O–H groups in total. The van der Waals surface area contributed by atoms with Crippen molar-refractivity contribution in [2.45, 2.75) is 12.3 Å². The number of nitrogen functional groups attached to an aromatic ring is 1. The Morgan fingerprint density at radius 1 is 1.67 bits per heavy atom. The van der Waals surface area contributed by atoms with Crippen molar-refractivity contribution in [2.75, 3.05) is 5.73 Å². The Balaban J connectivity index is 3.37. The molecule has 0 saturated heterocycles. The summed E-state index contributed by atoms with van der Waals surface area (Å²) < 4.78 is 24.5. The first-order chi connectivity index (χ1) is 6.97. The average Bonchev–Trinajstić information content (AvgIpc) is 2.15. The number of rotatable bonds is 3. The number of nitro groups is 1. The van der Waals surface area contributed by atoms with Gasteiger partial charge in [-0.3, -0.25) is 10.1 Å². The van der Waals surface area contributed by atoms with Crippen LogP contribution in [0.3, 0.4) is 0 Å². The van der Waals surface area contributed by atoms with E-state index in [9.17, 15) is 18.9 Å². The maximum Gasteiger partial charge on any atom is 0.315 e. The van der Waals surface area contributed by atoms with Crippen molar-refractivity contribution < 1.29 is 13.7 Å². The first-order valence-corrected chi connectivity index (χ1v) is 4.28. The molecule has 1 heterocycles. The molecule has 0 aliphatic heterocycles. The summed E-state index contributed by atoms with van der Waals surface area (Å²) in [7, 11) is 0. The molecule has 82 valence electrons. The summed E-state index contributed by atoms with van der Waals surface area (Å²) in [6.07, 6.45) is -2.84. The summed E-state index contributed by atoms with van der Waals surface area (Å²) in [4.78, 5) is 13.0. The molecule has 5 nitrogen and oxygen atoms in total. The lowest BCUT2D eigenvalue weighted by Gasteiger charge is -2.05. The molecule has 8 heteroatoms. The van der Waals surface area contributed by atoms with Crippen molar-refractivity contribution >= 4 is 23.1 Å². The smallest absolute Gasteiger partial charge is 0.315 e. The molecule has 0 atom stereocenters. The van der Waals surface area contributed by atoms with Gasteiger partial charge >= 0.3 is 5.69 Å². The van der Waals surface area contributed by atoms with Gasteiger partial charge in [0.15, 0.2) is 0 Å². The second-order valence-electron chi connectivity index (χ2n) is 2.63. The van der Waals surface area contributed by atoms with E-state index in [1.54, 1.807) is 0 Å². The third-order valence-corrected chi connectivity index (χ3v) is 1.96. The average molecular weight is 238 g/mol. The summed E-state index contributed by atoms with van der Waals surface area (Å²) in [5, 5.41) is 10.5. The summed E-state index contributed by atoms with van der Waals surface area (Å²) in [6, 6.07) is 0.881. The second-order valence-corrected chi connectivity index (χ2v) is 2.90. The van der Waals surface area contributed by atoms with Gasteiger partial charge in [-0.1, -0.05) is 0 Å². The molecule has 0 aromatic carbocycles. The van der Waals surface area contributed by atoms with Crippen molar-refractivity contribution in [1.29, 1.82) is 0 Å². The summed E-state index contributed by atoms with van der Waals surface area (Å²) in [5.74, 6) is -0.823. The maximum atomic E-state index is 12.3. The van der Waals surface area contributed by atoms with Crippen molar-refractivity contribution in [3.63, 3.8) is 0 Å². The predicted molar refractivity (Wildman–Crippen MR) is 49.8 cm³/mol. The monoisotopic (exact) mass is 237 g/mol. The molecule has 1 rings (SSSR count). The van der Waals surface area contributed by atoms with Crippen molar-refractivity contribution in [3.05, 3.63) is 27.4 Å². The van der Waals surface area contributed by atoms with Gasteiger partial charge in [0.25, 0.3) is 6.43 Å². The lowest BCUT2D eigenvalue weighted by Crippen LogP contribution is -2.05. The van der Waals surface area contributed by atoms with E-state index in [1.807, 2.05) is 0 Å². The predicted octanol–water partition coefficient (Wildman–Crippen LogP) is 2.25. The van der Waals surface area contributed by atoms with Crippen LogP contribution >= 0.6 is 11.6 Å². The Labute approximate surface area is 88.0 Å². The number of pyridine rings is 1. The van der Waals surface area contributed by atoms with Crippen LogP contribution < -0.4 is 5.73 Å². The number of hydrogen-bond donors (Lipinski definition) is 1. The summed E-state index contributed by atoms with van der Waals surface area (Å²) in [5.41, 5.74) is 3.99. The molecule has 0 fully saturated rings. The van der Waals surface area contributed by atoms with Crippen LogP contribution in [0.2, 0.25) is 0 Å². The number of nitrogens with two attached hydrogens (primary N) is 1. The zero-order valence-corrected chi connectivity index (χ0v) is 8.04. The number of anilines is 1. The van der Waals surface area contributed by atoms with E-state index in [-0.39, 0.29) is 11.4 Å². The van der Waals surface area contributed by atoms with Crippen molar-refractivity contribution in [2.24, 2.45) is 0 Å². The molecule has 1 aromatic rings. The van der Waals surface area contributed by atoms with Crippen LogP contribution in [0.15, 0.2) is 6.07 Å². The van der Waals surface area contributed by atoms with Gasteiger partial charge in [-0.15, -0.1) is 11.6 Å². The van der Waals surface area contributed by atoms with Gasteiger partial charge in [0.05, 0.1) is 16.4 Å². The number of halogens is 3. The highest BCUT2D eigenvalue weighted by molar-refractivity contribution is 6.17. The fourth-order valence-corrected chi connectivity index (χ4v) is 1.26. The fraction of sp³-hybridized carbons (Fsp3) is 0.286. The number of alkyl halides is 3. The van der Waals surface area contributed by atoms with E-state index >= 15 is 0 Å². The van der Waals surface area contributed by atoms with E-state index in [0.717, 1.165) is 6.07 Å². The lowest BCUT2D eigenvalue weighted by molar-refractivity contribution is -0.384. The summed E-state index contributed by atoms with van der Waals surface area (Å²) in [6.45, 7) is 0. The van der Waals surface area contributed by atoms with E-state index < -0.39 is 28.5 Å². The van der Waals surface area contributed by atoms with Crippen molar-refractivity contribution in [1.82, 2.24) is 4.98 Å². The van der Waals surface area contributed by atoms with Gasteiger partial charge < -0.3 is 5.73 Å². The molecule has 0 radical (unpaired) electrons. The Morgan fingerprint density at radius 3 is 2.67 bits per heavy atom. The zero-order valence-electron chi connectivity index (χ0n) is 7.28.